The number of aliphatic hydroxyl groups excluding tert-OH is 1. The molecule has 2 saturated carbocycles. The predicted octanol–water partition coefficient (Wildman–Crippen LogP) is 5.43. The highest BCUT2D eigenvalue weighted by Crippen LogP contribution is 2.65. The molecule has 0 radical (unpaired) electrons. The number of ether oxygens (including phenoxy) is 2. The van der Waals surface area contributed by atoms with Gasteiger partial charge in [-0.3, -0.25) is 0 Å². The lowest BCUT2D eigenvalue weighted by Gasteiger charge is -2.42. The first-order valence-corrected chi connectivity index (χ1v) is 16.0. The Kier molecular flexibility index (Phi) is 7.11. The van der Waals surface area contributed by atoms with E-state index >= 15 is 0 Å². The molecule has 3 fully saturated rings. The fourth-order valence-corrected chi connectivity index (χ4v) is 6.96. The molecule has 194 valence electrons. The molecule has 1 saturated heterocycles. The minimum Gasteiger partial charge on any atom is -0.417 e. The molecule has 35 heavy (non-hydrogen) atoms. The Hall–Kier alpha value is -1.20. The normalized spacial score (nSPS) is 36.6. The summed E-state index contributed by atoms with van der Waals surface area (Å²) in [6, 6.07) is 9.81. The lowest BCUT2D eigenvalue weighted by Crippen LogP contribution is -2.53. The molecule has 2 N–H and O–H groups in total. The highest BCUT2D eigenvalue weighted by Gasteiger charge is 2.63. The zero-order valence-electron chi connectivity index (χ0n) is 22.6. The molecule has 1 aliphatic heterocycles. The average molecular weight is 501 g/mol. The Labute approximate surface area is 212 Å². The Balaban J connectivity index is 1.58. The van der Waals surface area contributed by atoms with Crippen molar-refractivity contribution >= 4 is 8.32 Å². The fourth-order valence-electron chi connectivity index (χ4n) is 5.90. The van der Waals surface area contributed by atoms with E-state index in [4.69, 9.17) is 13.9 Å². The van der Waals surface area contributed by atoms with Gasteiger partial charge in [0.25, 0.3) is 0 Å². The van der Waals surface area contributed by atoms with Crippen molar-refractivity contribution < 1.29 is 24.1 Å². The molecule has 4 rings (SSSR count). The van der Waals surface area contributed by atoms with Crippen LogP contribution in [0.5, 0.6) is 0 Å². The summed E-state index contributed by atoms with van der Waals surface area (Å²) in [5, 5.41) is 22.8. The Bertz CT molecular complexity index is 959. The summed E-state index contributed by atoms with van der Waals surface area (Å²) in [7, 11) is -1.93. The number of rotatable bonds is 5. The standard InChI is InChI=1S/C29H44O5Si/c1-26(2,3)35(6,7)33-18-14-24-29(31,20-32-25(34-24)21-11-9-8-10-12-21)17-16-28-15-13-22(19-23(28)30)27(28,4)5/h8-12,22-25,30-31H,13-15,18-20H2,1-7H3/t22-,23-,24+,25-,28-,29+/m1/s1. The molecule has 1 aromatic carbocycles. The van der Waals surface area contributed by atoms with E-state index in [2.05, 4.69) is 59.6 Å². The van der Waals surface area contributed by atoms with Gasteiger partial charge >= 0.3 is 0 Å². The molecule has 0 aromatic heterocycles. The monoisotopic (exact) mass is 500 g/mol. The van der Waals surface area contributed by atoms with Gasteiger partial charge in [-0.05, 0) is 55.1 Å². The maximum Gasteiger partial charge on any atom is 0.191 e. The zero-order chi connectivity index (χ0) is 25.7. The molecule has 2 bridgehead atoms. The smallest absolute Gasteiger partial charge is 0.191 e. The molecule has 5 nitrogen and oxygen atoms in total. The summed E-state index contributed by atoms with van der Waals surface area (Å²) in [4.78, 5) is 0. The van der Waals surface area contributed by atoms with Crippen LogP contribution in [0.25, 0.3) is 0 Å². The van der Waals surface area contributed by atoms with E-state index in [1.165, 1.54) is 0 Å². The second-order valence-corrected chi connectivity index (χ2v) is 17.7. The molecule has 0 amide bonds. The van der Waals surface area contributed by atoms with Gasteiger partial charge in [0.2, 0.25) is 0 Å². The Morgan fingerprint density at radius 1 is 1.14 bits per heavy atom. The van der Waals surface area contributed by atoms with Crippen molar-refractivity contribution in [2.75, 3.05) is 13.2 Å². The maximum absolute atomic E-state index is 11.8. The molecule has 1 aromatic rings. The fraction of sp³-hybridized carbons (Fsp3) is 0.724. The van der Waals surface area contributed by atoms with Gasteiger partial charge in [-0.15, -0.1) is 0 Å². The lowest BCUT2D eigenvalue weighted by atomic mass is 9.68. The minimum absolute atomic E-state index is 0.0559. The van der Waals surface area contributed by atoms with Crippen LogP contribution < -0.4 is 0 Å². The molecular weight excluding hydrogens is 456 g/mol. The van der Waals surface area contributed by atoms with E-state index in [9.17, 15) is 10.2 Å². The minimum atomic E-state index is -1.93. The van der Waals surface area contributed by atoms with Gasteiger partial charge in [-0.25, -0.2) is 0 Å². The van der Waals surface area contributed by atoms with Crippen molar-refractivity contribution in [2.24, 2.45) is 16.7 Å². The third-order valence-electron chi connectivity index (χ3n) is 9.63. The van der Waals surface area contributed by atoms with Gasteiger partial charge in [-0.1, -0.05) is 76.8 Å². The first kappa shape index (κ1) is 26.8. The first-order chi connectivity index (χ1) is 16.2. The van der Waals surface area contributed by atoms with Crippen molar-refractivity contribution in [1.82, 2.24) is 0 Å². The molecule has 1 heterocycles. The molecule has 6 atom stereocenters. The van der Waals surface area contributed by atoms with E-state index < -0.39 is 37.8 Å². The van der Waals surface area contributed by atoms with Crippen LogP contribution in [-0.2, 0) is 13.9 Å². The summed E-state index contributed by atoms with van der Waals surface area (Å²) in [6.07, 6.45) is 1.66. The summed E-state index contributed by atoms with van der Waals surface area (Å²) in [5.74, 6) is 7.07. The third kappa shape index (κ3) is 4.76. The van der Waals surface area contributed by atoms with Crippen LogP contribution >= 0.6 is 0 Å². The Morgan fingerprint density at radius 2 is 1.83 bits per heavy atom. The van der Waals surface area contributed by atoms with Crippen LogP contribution in [0.1, 0.15) is 72.2 Å². The molecule has 0 spiro atoms. The summed E-state index contributed by atoms with van der Waals surface area (Å²) in [5.41, 5.74) is -1.12. The largest absolute Gasteiger partial charge is 0.417 e. The van der Waals surface area contributed by atoms with Gasteiger partial charge in [-0.2, -0.15) is 0 Å². The summed E-state index contributed by atoms with van der Waals surface area (Å²) < 4.78 is 18.8. The van der Waals surface area contributed by atoms with Crippen molar-refractivity contribution in [3.8, 4) is 11.8 Å². The quantitative estimate of drug-likeness (QED) is 0.417. The summed E-state index contributed by atoms with van der Waals surface area (Å²) >= 11 is 0. The second kappa shape index (κ2) is 9.27. The van der Waals surface area contributed by atoms with Crippen molar-refractivity contribution in [3.63, 3.8) is 0 Å². The van der Waals surface area contributed by atoms with Gasteiger partial charge in [0.15, 0.2) is 20.2 Å². The third-order valence-corrected chi connectivity index (χ3v) is 14.2. The highest BCUT2D eigenvalue weighted by atomic mass is 28.4. The zero-order valence-corrected chi connectivity index (χ0v) is 23.6. The van der Waals surface area contributed by atoms with Crippen molar-refractivity contribution in [3.05, 3.63) is 35.9 Å². The van der Waals surface area contributed by atoms with Crippen LogP contribution in [0.15, 0.2) is 30.3 Å². The lowest BCUT2D eigenvalue weighted by molar-refractivity contribution is -0.279. The van der Waals surface area contributed by atoms with Crippen molar-refractivity contribution in [1.29, 1.82) is 0 Å². The van der Waals surface area contributed by atoms with Crippen molar-refractivity contribution in [2.45, 2.75) is 103 Å². The molecule has 3 aliphatic rings. The van der Waals surface area contributed by atoms with Crippen LogP contribution in [0.3, 0.4) is 0 Å². The number of fused-ring (bicyclic) bond motifs is 2. The summed E-state index contributed by atoms with van der Waals surface area (Å²) in [6.45, 7) is 16.1. The topological polar surface area (TPSA) is 68.2 Å². The van der Waals surface area contributed by atoms with Gasteiger partial charge < -0.3 is 24.1 Å². The predicted molar refractivity (Wildman–Crippen MR) is 140 cm³/mol. The van der Waals surface area contributed by atoms with E-state index in [0.29, 0.717) is 18.9 Å². The van der Waals surface area contributed by atoms with Gasteiger partial charge in [0.1, 0.15) is 6.10 Å². The van der Waals surface area contributed by atoms with Crippen LogP contribution in [0.2, 0.25) is 18.1 Å². The van der Waals surface area contributed by atoms with E-state index in [1.807, 2.05) is 30.3 Å². The van der Waals surface area contributed by atoms with Crippen LogP contribution in [0, 0.1) is 28.6 Å². The Morgan fingerprint density at radius 3 is 2.40 bits per heavy atom. The highest BCUT2D eigenvalue weighted by molar-refractivity contribution is 6.74. The number of benzene rings is 1. The second-order valence-electron chi connectivity index (χ2n) is 12.9. The van der Waals surface area contributed by atoms with Crippen LogP contribution in [0.4, 0.5) is 0 Å². The molecule has 6 heteroatoms. The maximum atomic E-state index is 11.8. The SMILES string of the molecule is CC1(C)[C@@H]2CC[C@@]1(C#C[C@]1(O)CO[C@@H](c3ccccc3)O[C@H]1CCO[Si](C)(C)C(C)(C)C)[C@H](O)C2. The molecule has 2 aliphatic carbocycles. The van der Waals surface area contributed by atoms with Gasteiger partial charge in [0, 0.05) is 12.2 Å². The molecule has 0 unspecified atom stereocenters. The van der Waals surface area contributed by atoms with E-state index in [-0.39, 0.29) is 17.1 Å². The first-order valence-electron chi connectivity index (χ1n) is 13.1. The van der Waals surface area contributed by atoms with Crippen LogP contribution in [-0.4, -0.2) is 49.6 Å². The molecular formula is C29H44O5Si. The number of hydrogen-bond donors (Lipinski definition) is 2. The van der Waals surface area contributed by atoms with Gasteiger partial charge in [0.05, 0.1) is 18.1 Å². The van der Waals surface area contributed by atoms with E-state index in [1.54, 1.807) is 0 Å². The number of hydrogen-bond acceptors (Lipinski definition) is 5. The average Bonchev–Trinajstić information content (AvgIpc) is 3.14. The number of aliphatic hydroxyl groups is 2. The van der Waals surface area contributed by atoms with E-state index in [0.717, 1.165) is 24.8 Å².